The molecule has 40 heavy (non-hydrogen) atoms. The summed E-state index contributed by atoms with van der Waals surface area (Å²) in [7, 11) is 0. The average molecular weight is 589 g/mol. The summed E-state index contributed by atoms with van der Waals surface area (Å²) in [6, 6.07) is 13.1. The summed E-state index contributed by atoms with van der Waals surface area (Å²) in [5.74, 6) is -0.837. The van der Waals surface area contributed by atoms with Crippen LogP contribution < -0.4 is 20.7 Å². The van der Waals surface area contributed by atoms with Gasteiger partial charge in [0.2, 0.25) is 0 Å². The molecule has 0 aliphatic carbocycles. The molecule has 2 heterocycles. The largest absolute Gasteiger partial charge is 0.573 e. The molecule has 0 amide bonds. The lowest BCUT2D eigenvalue weighted by Gasteiger charge is -2.16. The van der Waals surface area contributed by atoms with Crippen LogP contribution in [0.2, 0.25) is 0 Å². The van der Waals surface area contributed by atoms with E-state index in [0.29, 0.717) is 17.4 Å². The lowest BCUT2D eigenvalue weighted by molar-refractivity contribution is -0.275. The molecule has 1 atom stereocenters. The molecule has 0 bridgehead atoms. The third-order valence-electron chi connectivity index (χ3n) is 5.94. The van der Waals surface area contributed by atoms with Crippen molar-refractivity contribution in [3.63, 3.8) is 0 Å². The fourth-order valence-corrected chi connectivity index (χ4v) is 5.38. The van der Waals surface area contributed by atoms with Gasteiger partial charge in [-0.15, -0.1) is 24.5 Å². The topological polar surface area (TPSA) is 93.5 Å². The van der Waals surface area contributed by atoms with Crippen LogP contribution in [0.5, 0.6) is 11.5 Å². The maximum Gasteiger partial charge on any atom is 0.573 e. The quantitative estimate of drug-likeness (QED) is 0.197. The summed E-state index contributed by atoms with van der Waals surface area (Å²) in [6.45, 7) is 0.345. The smallest absolute Gasteiger partial charge is 0.490 e. The van der Waals surface area contributed by atoms with Gasteiger partial charge in [-0.1, -0.05) is 30.3 Å². The van der Waals surface area contributed by atoms with E-state index in [0.717, 1.165) is 23.0 Å². The number of alkyl halides is 6. The van der Waals surface area contributed by atoms with Gasteiger partial charge in [-0.3, -0.25) is 14.3 Å². The third kappa shape index (κ3) is 6.67. The normalized spacial score (nSPS) is 13.0. The van der Waals surface area contributed by atoms with Crippen LogP contribution in [0.15, 0.2) is 58.1 Å². The van der Waals surface area contributed by atoms with Crippen LogP contribution >= 0.6 is 11.3 Å². The number of nitrogens with zero attached hydrogens (tertiary/aromatic N) is 1. The number of H-pyrrole nitrogens is 1. The first-order valence-electron chi connectivity index (χ1n) is 11.8. The Labute approximate surface area is 226 Å². The van der Waals surface area contributed by atoms with Gasteiger partial charge >= 0.3 is 18.2 Å². The number of ether oxygens (including phenoxy) is 2. The van der Waals surface area contributed by atoms with Crippen molar-refractivity contribution in [1.29, 1.82) is 0 Å². The number of aromatic amines is 1. The van der Waals surface area contributed by atoms with E-state index in [1.807, 2.05) is 35.3 Å². The summed E-state index contributed by atoms with van der Waals surface area (Å²) in [5, 5.41) is 9.37. The molecule has 4 rings (SSSR count). The number of halogens is 6. The number of aliphatic hydroxyl groups is 1. The molecule has 214 valence electrons. The minimum Gasteiger partial charge on any atom is -0.490 e. The van der Waals surface area contributed by atoms with Crippen molar-refractivity contribution in [2.45, 2.75) is 45.0 Å². The Kier molecular flexibility index (Phi) is 8.30. The highest BCUT2D eigenvalue weighted by Gasteiger charge is 2.39. The van der Waals surface area contributed by atoms with Crippen LogP contribution in [0.3, 0.4) is 0 Å². The fraction of sp³-hybridized carbons (Fsp3) is 0.308. The van der Waals surface area contributed by atoms with E-state index in [1.54, 1.807) is 0 Å². The molecule has 0 fully saturated rings. The lowest BCUT2D eigenvalue weighted by Crippen LogP contribution is -2.38. The number of nitrogens with one attached hydrogen (secondary N) is 1. The summed E-state index contributed by atoms with van der Waals surface area (Å²) < 4.78 is 88.8. The number of fused-ring (bicyclic) bond motifs is 1. The Hall–Kier alpha value is -3.78. The maximum absolute atomic E-state index is 13.2. The molecule has 0 saturated carbocycles. The monoisotopic (exact) mass is 588 g/mol. The van der Waals surface area contributed by atoms with E-state index < -0.39 is 42.2 Å². The molecule has 0 radical (unpaired) electrons. The Morgan fingerprint density at radius 3 is 2.38 bits per heavy atom. The van der Waals surface area contributed by atoms with Crippen molar-refractivity contribution in [3.05, 3.63) is 80.5 Å². The molecular weight excluding hydrogens is 566 g/mol. The third-order valence-corrected chi connectivity index (χ3v) is 7.31. The molecule has 2 aromatic carbocycles. The summed E-state index contributed by atoms with van der Waals surface area (Å²) in [4.78, 5) is 26.8. The van der Waals surface area contributed by atoms with Crippen LogP contribution in [0.25, 0.3) is 20.7 Å². The highest BCUT2D eigenvalue weighted by molar-refractivity contribution is 7.22. The summed E-state index contributed by atoms with van der Waals surface area (Å²) in [6.07, 6.45) is -11.8. The van der Waals surface area contributed by atoms with Gasteiger partial charge in [0, 0.05) is 4.88 Å². The summed E-state index contributed by atoms with van der Waals surface area (Å²) >= 11 is 0.723. The second-order valence-electron chi connectivity index (χ2n) is 8.81. The Morgan fingerprint density at radius 2 is 1.73 bits per heavy atom. The van der Waals surface area contributed by atoms with Gasteiger partial charge in [0.05, 0.1) is 18.5 Å². The van der Waals surface area contributed by atoms with Crippen molar-refractivity contribution in [3.8, 4) is 21.9 Å². The van der Waals surface area contributed by atoms with E-state index in [9.17, 15) is 41.0 Å². The molecule has 7 nitrogen and oxygen atoms in total. The Bertz CT molecular complexity index is 1610. The number of hydrogen-bond acceptors (Lipinski definition) is 6. The van der Waals surface area contributed by atoms with Crippen LogP contribution in [0.1, 0.15) is 17.5 Å². The molecule has 0 saturated heterocycles. The first-order chi connectivity index (χ1) is 18.7. The molecule has 14 heteroatoms. The predicted molar refractivity (Wildman–Crippen MR) is 136 cm³/mol. The fourth-order valence-electron chi connectivity index (χ4n) is 4.07. The number of aliphatic hydroxyl groups excluding tert-OH is 1. The minimum absolute atomic E-state index is 0.0908. The summed E-state index contributed by atoms with van der Waals surface area (Å²) in [5.41, 5.74) is -0.670. The van der Waals surface area contributed by atoms with Crippen molar-refractivity contribution >= 4 is 21.6 Å². The zero-order valence-corrected chi connectivity index (χ0v) is 21.5. The first kappa shape index (κ1) is 29.2. The standard InChI is InChI=1S/C26H22F6N2O5S/c1-14-20-22(36)33-24(37)34(13-19(35)25(27,28)29)23(20)40-21(14)16-9-10-17(18(12-16)39-26(30,31)32)38-11-5-8-15-6-3-2-4-7-15/h2-4,6-7,9-10,12,19,35H,5,8,11,13H2,1H3,(H,33,36,37). The second-order valence-corrected chi connectivity index (χ2v) is 9.81. The number of rotatable bonds is 9. The highest BCUT2D eigenvalue weighted by Crippen LogP contribution is 2.41. The lowest BCUT2D eigenvalue weighted by atomic mass is 10.1. The number of hydrogen-bond donors (Lipinski definition) is 2. The van der Waals surface area contributed by atoms with Crippen LogP contribution in [-0.2, 0) is 13.0 Å². The molecular formula is C26H22F6N2O5S. The predicted octanol–water partition coefficient (Wildman–Crippen LogP) is 5.56. The van der Waals surface area contributed by atoms with Gasteiger partial charge in [-0.2, -0.15) is 13.2 Å². The zero-order valence-electron chi connectivity index (χ0n) is 20.7. The first-order valence-corrected chi connectivity index (χ1v) is 12.6. The van der Waals surface area contributed by atoms with E-state index >= 15 is 0 Å². The molecule has 4 aromatic rings. The van der Waals surface area contributed by atoms with Gasteiger partial charge in [-0.25, -0.2) is 4.79 Å². The number of aromatic nitrogens is 2. The Balaban J connectivity index is 1.69. The van der Waals surface area contributed by atoms with E-state index in [1.165, 1.54) is 19.1 Å². The van der Waals surface area contributed by atoms with E-state index in [4.69, 9.17) is 4.74 Å². The van der Waals surface area contributed by atoms with Gasteiger partial charge < -0.3 is 14.6 Å². The van der Waals surface area contributed by atoms with Gasteiger partial charge in [0.15, 0.2) is 17.6 Å². The minimum atomic E-state index is -5.05. The van der Waals surface area contributed by atoms with Gasteiger partial charge in [0.1, 0.15) is 4.83 Å². The van der Waals surface area contributed by atoms with Gasteiger partial charge in [0.25, 0.3) is 5.56 Å². The van der Waals surface area contributed by atoms with Gasteiger partial charge in [-0.05, 0) is 54.7 Å². The SMILES string of the molecule is Cc1c(-c2ccc(OCCCc3ccccc3)c(OC(F)(F)F)c2)sc2c1c(=O)[nH]c(=O)n2CC(O)C(F)(F)F. The molecule has 2 aromatic heterocycles. The number of thiophene rings is 1. The molecule has 0 aliphatic rings. The zero-order chi connectivity index (χ0) is 29.2. The molecule has 0 spiro atoms. The van der Waals surface area contributed by atoms with E-state index in [-0.39, 0.29) is 38.6 Å². The van der Waals surface area contributed by atoms with Crippen molar-refractivity contribution in [2.75, 3.05) is 6.61 Å². The van der Waals surface area contributed by atoms with Crippen molar-refractivity contribution in [1.82, 2.24) is 9.55 Å². The van der Waals surface area contributed by atoms with Crippen molar-refractivity contribution in [2.24, 2.45) is 0 Å². The van der Waals surface area contributed by atoms with Crippen LogP contribution in [0, 0.1) is 6.92 Å². The van der Waals surface area contributed by atoms with Crippen molar-refractivity contribution < 1.29 is 40.9 Å². The van der Waals surface area contributed by atoms with E-state index in [2.05, 4.69) is 4.74 Å². The number of aryl methyl sites for hydroxylation is 2. The Morgan fingerprint density at radius 1 is 1.02 bits per heavy atom. The molecule has 1 unspecified atom stereocenters. The number of benzene rings is 2. The molecule has 2 N–H and O–H groups in total. The molecule has 0 aliphatic heterocycles. The highest BCUT2D eigenvalue weighted by atomic mass is 32.1. The average Bonchev–Trinajstić information content (AvgIpc) is 3.21. The maximum atomic E-state index is 13.2. The van der Waals surface area contributed by atoms with Crippen LogP contribution in [-0.4, -0.2) is 39.9 Å². The second kappa shape index (κ2) is 11.4. The van der Waals surface area contributed by atoms with Crippen LogP contribution in [0.4, 0.5) is 26.3 Å².